The zero-order valence-electron chi connectivity index (χ0n) is 39.1. The van der Waals surface area contributed by atoms with Gasteiger partial charge >= 0.3 is 12.1 Å². The number of rotatable bonds is 40. The Labute approximate surface area is 414 Å². The van der Waals surface area contributed by atoms with E-state index in [0.717, 1.165) is 12.8 Å². The number of alkyl carbamates (subject to hydrolysis) is 1. The number of unbranched alkanes of at least 4 members (excludes halogenated alkanes) is 1. The average molecular weight is 1060 g/mol. The number of halogens is 1. The molecule has 17 nitrogen and oxygen atoms in total. The van der Waals surface area contributed by atoms with Gasteiger partial charge in [0.05, 0.1) is 106 Å². The van der Waals surface area contributed by atoms with E-state index in [-0.39, 0.29) is 37.9 Å². The molecule has 1 aliphatic carbocycles. The normalized spacial score (nSPS) is 12.3. The van der Waals surface area contributed by atoms with Crippen molar-refractivity contribution >= 4 is 46.5 Å². The molecule has 0 bridgehead atoms. The van der Waals surface area contributed by atoms with E-state index in [1.807, 2.05) is 24.3 Å². The van der Waals surface area contributed by atoms with Crippen molar-refractivity contribution in [3.63, 3.8) is 0 Å². The van der Waals surface area contributed by atoms with Crippen molar-refractivity contribution < 1.29 is 66.9 Å². The number of ether oxygens (including phenoxy) is 9. The summed E-state index contributed by atoms with van der Waals surface area (Å²) in [6, 6.07) is 23.7. The molecule has 0 unspecified atom stereocenters. The summed E-state index contributed by atoms with van der Waals surface area (Å²) < 4.78 is 50.7. The van der Waals surface area contributed by atoms with E-state index in [0.29, 0.717) is 131 Å². The van der Waals surface area contributed by atoms with Crippen molar-refractivity contribution in [2.75, 3.05) is 125 Å². The Hall–Kier alpha value is -4.25. The molecular weight excluding hydrogens is 993 g/mol. The molecule has 18 heteroatoms. The fraction of sp³-hybridized carbons (Fsp3) is 0.560. The van der Waals surface area contributed by atoms with Gasteiger partial charge in [-0.1, -0.05) is 60.7 Å². The van der Waals surface area contributed by atoms with Crippen LogP contribution in [0.5, 0.6) is 0 Å². The summed E-state index contributed by atoms with van der Waals surface area (Å²) in [5.41, 5.74) is 5.93. The van der Waals surface area contributed by atoms with Crippen molar-refractivity contribution in [2.45, 2.75) is 56.9 Å². The molecule has 0 saturated heterocycles. The Kier molecular flexibility index (Phi) is 29.7. The molecule has 1 atom stereocenters. The summed E-state index contributed by atoms with van der Waals surface area (Å²) >= 11 is 2.26. The first-order valence-electron chi connectivity index (χ1n) is 23.6. The predicted molar refractivity (Wildman–Crippen MR) is 263 cm³/mol. The van der Waals surface area contributed by atoms with E-state index in [4.69, 9.17) is 42.6 Å². The molecule has 376 valence electrons. The van der Waals surface area contributed by atoms with E-state index in [1.165, 1.54) is 31.4 Å². The first-order valence-corrected chi connectivity index (χ1v) is 24.6. The predicted octanol–water partition coefficient (Wildman–Crippen LogP) is 5.53. The molecule has 3 amide bonds. The van der Waals surface area contributed by atoms with Crippen LogP contribution in [-0.2, 0) is 63.4 Å². The number of carbonyl (C=O) groups is 4. The number of hydrogen-bond acceptors (Lipinski definition) is 13. The van der Waals surface area contributed by atoms with Gasteiger partial charge < -0.3 is 63.7 Å². The van der Waals surface area contributed by atoms with Crippen molar-refractivity contribution in [3.05, 3.63) is 93.1 Å². The number of benzene rings is 3. The third-order valence-corrected chi connectivity index (χ3v) is 11.3. The van der Waals surface area contributed by atoms with Crippen LogP contribution in [0.4, 0.5) is 4.79 Å². The summed E-state index contributed by atoms with van der Waals surface area (Å²) in [5.74, 6) is -1.49. The van der Waals surface area contributed by atoms with Crippen LogP contribution in [0.15, 0.2) is 72.8 Å². The van der Waals surface area contributed by atoms with E-state index >= 15 is 0 Å². The van der Waals surface area contributed by atoms with Gasteiger partial charge in [0.2, 0.25) is 11.8 Å². The number of carboxylic acids is 1. The Morgan fingerprint density at radius 2 is 1.01 bits per heavy atom. The Morgan fingerprint density at radius 3 is 1.53 bits per heavy atom. The summed E-state index contributed by atoms with van der Waals surface area (Å²) in [6.07, 6.45) is 3.05. The number of aryl methyl sites for hydroxylation is 1. The number of nitrogens with one attached hydrogen (secondary N) is 3. The minimum Gasteiger partial charge on any atom is -0.480 e. The molecule has 68 heavy (non-hydrogen) atoms. The highest BCUT2D eigenvalue weighted by molar-refractivity contribution is 14.1. The second-order valence-electron chi connectivity index (χ2n) is 15.7. The van der Waals surface area contributed by atoms with Crippen LogP contribution in [0.3, 0.4) is 0 Å². The van der Waals surface area contributed by atoms with Crippen LogP contribution in [0.1, 0.15) is 61.1 Å². The van der Waals surface area contributed by atoms with E-state index in [2.05, 4.69) is 87.1 Å². The number of fused-ring (bicyclic) bond motifs is 3. The Balaban J connectivity index is 0.807. The average Bonchev–Trinajstić information content (AvgIpc) is 3.66. The van der Waals surface area contributed by atoms with Crippen LogP contribution in [-0.4, -0.2) is 160 Å². The monoisotopic (exact) mass is 1060 g/mol. The quantitative estimate of drug-likeness (QED) is 0.0408. The van der Waals surface area contributed by atoms with Gasteiger partial charge in [0.1, 0.15) is 12.6 Å². The van der Waals surface area contributed by atoms with Crippen molar-refractivity contribution in [2.24, 2.45) is 0 Å². The molecule has 0 aromatic heterocycles. The second-order valence-corrected chi connectivity index (χ2v) is 16.9. The van der Waals surface area contributed by atoms with Crippen LogP contribution < -0.4 is 16.0 Å². The number of hydrogen-bond donors (Lipinski definition) is 4. The van der Waals surface area contributed by atoms with Crippen molar-refractivity contribution in [3.8, 4) is 11.1 Å². The molecule has 0 heterocycles. The minimum absolute atomic E-state index is 0.0184. The highest BCUT2D eigenvalue weighted by Gasteiger charge is 2.29. The first kappa shape index (κ1) is 56.3. The van der Waals surface area contributed by atoms with Crippen LogP contribution in [0.2, 0.25) is 0 Å². The molecule has 0 aliphatic heterocycles. The molecule has 0 fully saturated rings. The van der Waals surface area contributed by atoms with Gasteiger partial charge in [0, 0.05) is 35.4 Å². The molecule has 1 aliphatic rings. The number of carbonyl (C=O) groups excluding carboxylic acids is 3. The maximum atomic E-state index is 12.3. The molecular formula is C50H70IN3O14. The van der Waals surface area contributed by atoms with Crippen LogP contribution in [0.25, 0.3) is 11.1 Å². The lowest BCUT2D eigenvalue weighted by Gasteiger charge is -2.15. The Bertz CT molecular complexity index is 1830. The number of carboxylic acid groups (broad SMARTS) is 1. The SMILES string of the molecule is O=C(CCCc1ccc(I)cc1)NCCCC[C@H](NC(=O)CCOCCOCCOCCOCCOCCOCCOCCOCCNC(=O)OCC1c2ccccc2-c2ccccc21)C(=O)O. The van der Waals surface area contributed by atoms with Crippen LogP contribution >= 0.6 is 22.6 Å². The number of aliphatic carboxylic acids is 1. The second kappa shape index (κ2) is 35.8. The summed E-state index contributed by atoms with van der Waals surface area (Å²) in [6.45, 7) is 7.29. The van der Waals surface area contributed by atoms with Crippen molar-refractivity contribution in [1.29, 1.82) is 0 Å². The topological polar surface area (TPSA) is 208 Å². The summed E-state index contributed by atoms with van der Waals surface area (Å²) in [7, 11) is 0. The van der Waals surface area contributed by atoms with E-state index < -0.39 is 24.0 Å². The highest BCUT2D eigenvalue weighted by Crippen LogP contribution is 2.44. The lowest BCUT2D eigenvalue weighted by Crippen LogP contribution is -2.41. The highest BCUT2D eigenvalue weighted by atomic mass is 127. The smallest absolute Gasteiger partial charge is 0.407 e. The lowest BCUT2D eigenvalue weighted by molar-refractivity contribution is -0.142. The maximum Gasteiger partial charge on any atom is 0.407 e. The summed E-state index contributed by atoms with van der Waals surface area (Å²) in [5, 5.41) is 17.7. The minimum atomic E-state index is -1.09. The third-order valence-electron chi connectivity index (χ3n) is 10.6. The largest absolute Gasteiger partial charge is 0.480 e. The van der Waals surface area contributed by atoms with E-state index in [1.54, 1.807) is 0 Å². The number of amides is 3. The van der Waals surface area contributed by atoms with Crippen molar-refractivity contribution in [1.82, 2.24) is 16.0 Å². The molecule has 0 spiro atoms. The van der Waals surface area contributed by atoms with Gasteiger partial charge in [-0.2, -0.15) is 0 Å². The van der Waals surface area contributed by atoms with Gasteiger partial charge in [-0.25, -0.2) is 9.59 Å². The van der Waals surface area contributed by atoms with Gasteiger partial charge in [-0.05, 0) is 94.6 Å². The fourth-order valence-corrected chi connectivity index (χ4v) is 7.46. The van der Waals surface area contributed by atoms with Crippen LogP contribution in [0, 0.1) is 3.57 Å². The summed E-state index contributed by atoms with van der Waals surface area (Å²) in [4.78, 5) is 48.3. The van der Waals surface area contributed by atoms with Gasteiger partial charge in [-0.3, -0.25) is 9.59 Å². The fourth-order valence-electron chi connectivity index (χ4n) is 7.10. The molecule has 3 aromatic carbocycles. The molecule has 4 N–H and O–H groups in total. The van der Waals surface area contributed by atoms with Gasteiger partial charge in [0.15, 0.2) is 0 Å². The van der Waals surface area contributed by atoms with Gasteiger partial charge in [-0.15, -0.1) is 0 Å². The van der Waals surface area contributed by atoms with E-state index in [9.17, 15) is 24.3 Å². The molecule has 4 rings (SSSR count). The Morgan fingerprint density at radius 1 is 0.529 bits per heavy atom. The zero-order chi connectivity index (χ0) is 48.3. The zero-order valence-corrected chi connectivity index (χ0v) is 41.3. The molecule has 0 radical (unpaired) electrons. The van der Waals surface area contributed by atoms with Gasteiger partial charge in [0.25, 0.3) is 0 Å². The standard InChI is InChI=1S/C50H70IN3O14/c51-40-17-15-39(16-18-40)8-7-14-47(55)52-20-6-5-13-46(49(57)58)54-48(56)19-22-60-24-26-62-28-30-64-32-34-66-36-37-67-35-33-65-31-29-63-27-25-61-23-21-53-50(59)68-38-45-43-11-3-1-9-41(43)42-10-2-4-12-44(42)45/h1-4,9-12,15-18,45-46H,5-8,13-14,19-38H2,(H,52,55)(H,53,59)(H,54,56)(H,57,58)/t46-/m0/s1. The first-order chi connectivity index (χ1) is 33.3. The lowest BCUT2D eigenvalue weighted by atomic mass is 9.98. The molecule has 0 saturated carbocycles. The maximum absolute atomic E-state index is 12.3. The molecule has 3 aromatic rings. The third kappa shape index (κ3) is 24.3.